The van der Waals surface area contributed by atoms with Crippen molar-refractivity contribution >= 4 is 21.8 Å². The van der Waals surface area contributed by atoms with E-state index in [1.165, 1.54) is 0 Å². The molecule has 0 saturated heterocycles. The zero-order valence-corrected chi connectivity index (χ0v) is 19.2. The van der Waals surface area contributed by atoms with Crippen LogP contribution in [0.2, 0.25) is 0 Å². The van der Waals surface area contributed by atoms with Gasteiger partial charge in [-0.3, -0.25) is 15.1 Å². The first-order chi connectivity index (χ1) is 17.2. The molecule has 0 amide bonds. The molecule has 0 aliphatic carbocycles. The SMILES string of the molecule is Cc1[nH]nc2ccc(-c3cc(OC[C@@H](N)Cc4c[nH]c5ccncc45)cnc3-c3ccoc3)cc12. The number of aryl methyl sites for hydroxylation is 1. The maximum absolute atomic E-state index is 6.42. The molecule has 174 valence electrons. The van der Waals surface area contributed by atoms with Crippen molar-refractivity contribution in [3.63, 3.8) is 0 Å². The van der Waals surface area contributed by atoms with Gasteiger partial charge >= 0.3 is 0 Å². The van der Waals surface area contributed by atoms with Crippen LogP contribution in [-0.2, 0) is 6.42 Å². The average Bonchev–Trinajstić information content (AvgIpc) is 3.64. The number of hydrogen-bond acceptors (Lipinski definition) is 6. The van der Waals surface area contributed by atoms with Crippen molar-refractivity contribution in [2.75, 3.05) is 6.61 Å². The summed E-state index contributed by atoms with van der Waals surface area (Å²) in [6, 6.07) is 11.9. The Bertz CT molecular complexity index is 1620. The number of aromatic amines is 2. The van der Waals surface area contributed by atoms with Crippen molar-refractivity contribution in [3.05, 3.63) is 85.0 Å². The van der Waals surface area contributed by atoms with Gasteiger partial charge in [0.15, 0.2) is 0 Å². The maximum atomic E-state index is 6.42. The standard InChI is InChI=1S/C27H24N6O2/c1-16-22-9-17(2-3-26(22)33-32-16)23-10-21(12-31-27(23)18-5-7-34-14-18)35-15-20(28)8-19-11-30-25-4-6-29-13-24(19)25/h2-7,9-14,20,30H,8,15,28H2,1H3,(H,32,33)/t20-/m0/s1. The van der Waals surface area contributed by atoms with Gasteiger partial charge in [0.25, 0.3) is 0 Å². The zero-order chi connectivity index (χ0) is 23.8. The van der Waals surface area contributed by atoms with Gasteiger partial charge in [0.05, 0.1) is 29.9 Å². The van der Waals surface area contributed by atoms with Gasteiger partial charge in [0.2, 0.25) is 0 Å². The molecule has 0 fully saturated rings. The van der Waals surface area contributed by atoms with Gasteiger partial charge < -0.3 is 19.9 Å². The molecular weight excluding hydrogens is 440 g/mol. The first-order valence-corrected chi connectivity index (χ1v) is 11.4. The number of nitrogens with one attached hydrogen (secondary N) is 2. The van der Waals surface area contributed by atoms with Crippen LogP contribution in [0.3, 0.4) is 0 Å². The molecule has 6 aromatic rings. The summed E-state index contributed by atoms with van der Waals surface area (Å²) < 4.78 is 11.4. The summed E-state index contributed by atoms with van der Waals surface area (Å²) in [5.74, 6) is 0.660. The van der Waals surface area contributed by atoms with E-state index in [1.54, 1.807) is 24.9 Å². The molecule has 0 bridgehead atoms. The second-order valence-corrected chi connectivity index (χ2v) is 8.67. The summed E-state index contributed by atoms with van der Waals surface area (Å²) >= 11 is 0. The molecule has 6 rings (SSSR count). The van der Waals surface area contributed by atoms with Crippen molar-refractivity contribution in [2.24, 2.45) is 5.73 Å². The van der Waals surface area contributed by atoms with Gasteiger partial charge in [0, 0.05) is 57.7 Å². The summed E-state index contributed by atoms with van der Waals surface area (Å²) in [4.78, 5) is 12.2. The number of nitrogens with zero attached hydrogens (tertiary/aromatic N) is 3. The van der Waals surface area contributed by atoms with E-state index >= 15 is 0 Å². The van der Waals surface area contributed by atoms with Gasteiger partial charge in [-0.15, -0.1) is 0 Å². The van der Waals surface area contributed by atoms with Gasteiger partial charge in [-0.25, -0.2) is 0 Å². The fraction of sp³-hybridized carbons (Fsp3) is 0.148. The molecule has 8 heteroatoms. The number of fused-ring (bicyclic) bond motifs is 2. The number of pyridine rings is 2. The van der Waals surface area contributed by atoms with E-state index in [1.807, 2.05) is 49.6 Å². The van der Waals surface area contributed by atoms with Crippen molar-refractivity contribution in [1.82, 2.24) is 25.1 Å². The fourth-order valence-electron chi connectivity index (χ4n) is 4.41. The summed E-state index contributed by atoms with van der Waals surface area (Å²) in [5.41, 5.74) is 14.2. The molecule has 5 aromatic heterocycles. The topological polar surface area (TPSA) is 119 Å². The molecular formula is C27H24N6O2. The first-order valence-electron chi connectivity index (χ1n) is 11.4. The maximum Gasteiger partial charge on any atom is 0.138 e. The van der Waals surface area contributed by atoms with Crippen LogP contribution < -0.4 is 10.5 Å². The smallest absolute Gasteiger partial charge is 0.138 e. The number of rotatable bonds is 7. The number of hydrogen-bond donors (Lipinski definition) is 3. The molecule has 4 N–H and O–H groups in total. The van der Waals surface area contributed by atoms with Crippen LogP contribution in [0.5, 0.6) is 5.75 Å². The predicted octanol–water partition coefficient (Wildman–Crippen LogP) is 5.02. The minimum atomic E-state index is -0.184. The van der Waals surface area contributed by atoms with Crippen molar-refractivity contribution in [1.29, 1.82) is 0 Å². The summed E-state index contributed by atoms with van der Waals surface area (Å²) in [6.45, 7) is 2.37. The molecule has 8 nitrogen and oxygen atoms in total. The van der Waals surface area contributed by atoms with Crippen LogP contribution in [0.25, 0.3) is 44.2 Å². The quantitative estimate of drug-likeness (QED) is 0.305. The van der Waals surface area contributed by atoms with Crippen LogP contribution in [0.4, 0.5) is 0 Å². The largest absolute Gasteiger partial charge is 0.490 e. The van der Waals surface area contributed by atoms with E-state index in [0.29, 0.717) is 18.8 Å². The third-order valence-corrected chi connectivity index (χ3v) is 6.23. The Hall–Kier alpha value is -4.43. The van der Waals surface area contributed by atoms with Gasteiger partial charge in [0.1, 0.15) is 12.4 Å². The Morgan fingerprint density at radius 1 is 1.09 bits per heavy atom. The molecule has 0 spiro atoms. The summed E-state index contributed by atoms with van der Waals surface area (Å²) in [6.07, 6.45) is 11.4. The highest BCUT2D eigenvalue weighted by atomic mass is 16.5. The number of furan rings is 1. The van der Waals surface area contributed by atoms with Crippen molar-refractivity contribution in [2.45, 2.75) is 19.4 Å². The van der Waals surface area contributed by atoms with Crippen molar-refractivity contribution < 1.29 is 9.15 Å². The molecule has 35 heavy (non-hydrogen) atoms. The Balaban J connectivity index is 1.27. The number of aromatic nitrogens is 5. The highest BCUT2D eigenvalue weighted by molar-refractivity contribution is 5.90. The van der Waals surface area contributed by atoms with E-state index in [2.05, 4.69) is 26.2 Å². The lowest BCUT2D eigenvalue weighted by Crippen LogP contribution is -2.30. The third-order valence-electron chi connectivity index (χ3n) is 6.23. The molecule has 1 atom stereocenters. The Morgan fingerprint density at radius 2 is 2.03 bits per heavy atom. The van der Waals surface area contributed by atoms with Crippen molar-refractivity contribution in [3.8, 4) is 28.1 Å². The van der Waals surface area contributed by atoms with Crippen LogP contribution >= 0.6 is 0 Å². The van der Waals surface area contributed by atoms with Crippen LogP contribution in [0, 0.1) is 6.92 Å². The lowest BCUT2D eigenvalue weighted by Gasteiger charge is -2.15. The van der Waals surface area contributed by atoms with E-state index < -0.39 is 0 Å². The monoisotopic (exact) mass is 464 g/mol. The molecule has 0 radical (unpaired) electrons. The average molecular weight is 465 g/mol. The third kappa shape index (κ3) is 4.04. The number of H-pyrrole nitrogens is 2. The molecule has 1 aromatic carbocycles. The van der Waals surface area contributed by atoms with Crippen LogP contribution in [0.15, 0.2) is 78.1 Å². The lowest BCUT2D eigenvalue weighted by atomic mass is 9.99. The summed E-state index contributed by atoms with van der Waals surface area (Å²) in [5, 5.41) is 9.54. The van der Waals surface area contributed by atoms with Gasteiger partial charge in [-0.1, -0.05) is 6.07 Å². The first kappa shape index (κ1) is 21.1. The minimum absolute atomic E-state index is 0.184. The fourth-order valence-corrected chi connectivity index (χ4v) is 4.41. The molecule has 0 aliphatic rings. The van der Waals surface area contributed by atoms with E-state index in [0.717, 1.165) is 55.4 Å². The Labute approximate surface area is 201 Å². The lowest BCUT2D eigenvalue weighted by molar-refractivity contribution is 0.287. The summed E-state index contributed by atoms with van der Waals surface area (Å²) in [7, 11) is 0. The predicted molar refractivity (Wildman–Crippen MR) is 135 cm³/mol. The van der Waals surface area contributed by atoms with E-state index in [9.17, 15) is 0 Å². The van der Waals surface area contributed by atoms with Gasteiger partial charge in [-0.05, 0) is 54.8 Å². The normalized spacial score (nSPS) is 12.4. The highest BCUT2D eigenvalue weighted by Gasteiger charge is 2.15. The Morgan fingerprint density at radius 3 is 2.91 bits per heavy atom. The molecule has 0 aliphatic heterocycles. The van der Waals surface area contributed by atoms with Crippen LogP contribution in [-0.4, -0.2) is 37.8 Å². The van der Waals surface area contributed by atoms with Gasteiger partial charge in [-0.2, -0.15) is 5.10 Å². The minimum Gasteiger partial charge on any atom is -0.490 e. The molecule has 0 saturated carbocycles. The van der Waals surface area contributed by atoms with E-state index in [4.69, 9.17) is 19.9 Å². The molecule has 5 heterocycles. The Kier molecular flexibility index (Phi) is 5.27. The second-order valence-electron chi connectivity index (χ2n) is 8.67. The number of benzene rings is 1. The second kappa shape index (κ2) is 8.73. The number of ether oxygens (including phenoxy) is 1. The van der Waals surface area contributed by atoms with E-state index in [-0.39, 0.29) is 6.04 Å². The molecule has 0 unspecified atom stereocenters. The number of nitrogens with two attached hydrogens (primary N) is 1. The highest BCUT2D eigenvalue weighted by Crippen LogP contribution is 2.35. The zero-order valence-electron chi connectivity index (χ0n) is 19.2. The van der Waals surface area contributed by atoms with Crippen LogP contribution in [0.1, 0.15) is 11.3 Å².